The molecule has 2 aliphatic rings. The lowest BCUT2D eigenvalue weighted by atomic mass is 9.81. The number of esters is 1. The molecule has 1 saturated carbocycles. The first kappa shape index (κ1) is 17.2. The molecule has 0 radical (unpaired) electrons. The molecule has 2 fully saturated rings. The molecule has 1 aliphatic carbocycles. The first-order valence-corrected chi connectivity index (χ1v) is 8.74. The van der Waals surface area contributed by atoms with E-state index in [1.165, 1.54) is 17.0 Å². The van der Waals surface area contributed by atoms with Gasteiger partial charge in [0.25, 0.3) is 0 Å². The van der Waals surface area contributed by atoms with Gasteiger partial charge in [0.1, 0.15) is 0 Å². The van der Waals surface area contributed by atoms with Gasteiger partial charge in [0, 0.05) is 17.6 Å². The number of likely N-dealkylation sites (tertiary alicyclic amines) is 1. The Morgan fingerprint density at radius 1 is 1.12 bits per heavy atom. The van der Waals surface area contributed by atoms with Crippen LogP contribution in [-0.2, 0) is 14.4 Å². The SMILES string of the molecule is O=C(CCN1C(=O)[C@@H]2CCCC[C@H]2C1=O)Oc1cc(Cl)ccc1Cl. The van der Waals surface area contributed by atoms with Gasteiger partial charge in [0.2, 0.25) is 11.8 Å². The molecule has 0 N–H and O–H groups in total. The van der Waals surface area contributed by atoms with Gasteiger partial charge in [-0.3, -0.25) is 19.3 Å². The second kappa shape index (κ2) is 7.11. The van der Waals surface area contributed by atoms with Gasteiger partial charge in [-0.2, -0.15) is 0 Å². The van der Waals surface area contributed by atoms with Crippen LogP contribution >= 0.6 is 23.2 Å². The number of amides is 2. The maximum Gasteiger partial charge on any atom is 0.313 e. The third-order valence-electron chi connectivity index (χ3n) is 4.59. The molecule has 1 aromatic carbocycles. The molecule has 5 nitrogen and oxygen atoms in total. The van der Waals surface area contributed by atoms with Crippen LogP contribution in [-0.4, -0.2) is 29.2 Å². The smallest absolute Gasteiger partial charge is 0.313 e. The number of imide groups is 1. The highest BCUT2D eigenvalue weighted by molar-refractivity contribution is 6.34. The first-order chi connectivity index (χ1) is 11.5. The minimum atomic E-state index is -0.561. The molecular weight excluding hydrogens is 353 g/mol. The molecular formula is C17H17Cl2NO4. The third-order valence-corrected chi connectivity index (χ3v) is 5.14. The lowest BCUT2D eigenvalue weighted by Crippen LogP contribution is -2.33. The highest BCUT2D eigenvalue weighted by Crippen LogP contribution is 2.38. The van der Waals surface area contributed by atoms with Gasteiger partial charge in [-0.05, 0) is 25.0 Å². The van der Waals surface area contributed by atoms with Crippen molar-refractivity contribution in [3.8, 4) is 5.75 Å². The average molecular weight is 370 g/mol. The van der Waals surface area contributed by atoms with E-state index < -0.39 is 5.97 Å². The second-order valence-corrected chi connectivity index (χ2v) is 6.97. The van der Waals surface area contributed by atoms with Crippen molar-refractivity contribution in [1.29, 1.82) is 0 Å². The summed E-state index contributed by atoms with van der Waals surface area (Å²) in [4.78, 5) is 37.9. The van der Waals surface area contributed by atoms with E-state index >= 15 is 0 Å². The number of nitrogens with zero attached hydrogens (tertiary/aromatic N) is 1. The molecule has 1 aliphatic heterocycles. The van der Waals surface area contributed by atoms with Crippen LogP contribution in [0.4, 0.5) is 0 Å². The van der Waals surface area contributed by atoms with E-state index in [1.54, 1.807) is 6.07 Å². The molecule has 0 spiro atoms. The molecule has 2 atom stereocenters. The van der Waals surface area contributed by atoms with Crippen molar-refractivity contribution in [3.63, 3.8) is 0 Å². The number of carbonyl (C=O) groups excluding carboxylic acids is 3. The van der Waals surface area contributed by atoms with Crippen LogP contribution in [0.2, 0.25) is 10.0 Å². The Kier molecular flexibility index (Phi) is 5.11. The Bertz CT molecular complexity index is 667. The number of hydrogen-bond acceptors (Lipinski definition) is 4. The fourth-order valence-corrected chi connectivity index (χ4v) is 3.70. The Morgan fingerprint density at radius 3 is 2.38 bits per heavy atom. The van der Waals surface area contributed by atoms with E-state index in [1.807, 2.05) is 0 Å². The summed E-state index contributed by atoms with van der Waals surface area (Å²) in [7, 11) is 0. The van der Waals surface area contributed by atoms with Crippen LogP contribution in [0.15, 0.2) is 18.2 Å². The summed E-state index contributed by atoms with van der Waals surface area (Å²) in [5.74, 6) is -1.11. The maximum atomic E-state index is 12.3. The summed E-state index contributed by atoms with van der Waals surface area (Å²) in [5.41, 5.74) is 0. The van der Waals surface area contributed by atoms with Crippen molar-refractivity contribution in [1.82, 2.24) is 4.90 Å². The molecule has 0 aromatic heterocycles. The lowest BCUT2D eigenvalue weighted by molar-refractivity contribution is -0.141. The topological polar surface area (TPSA) is 63.7 Å². The summed E-state index contributed by atoms with van der Waals surface area (Å²) in [6.45, 7) is 0.0433. The van der Waals surface area contributed by atoms with Crippen LogP contribution in [0.3, 0.4) is 0 Å². The molecule has 0 bridgehead atoms. The fourth-order valence-electron chi connectivity index (χ4n) is 3.38. The van der Waals surface area contributed by atoms with E-state index in [9.17, 15) is 14.4 Å². The molecule has 24 heavy (non-hydrogen) atoms. The number of ether oxygens (including phenoxy) is 1. The minimum Gasteiger partial charge on any atom is -0.425 e. The van der Waals surface area contributed by atoms with Crippen molar-refractivity contribution in [2.24, 2.45) is 11.8 Å². The van der Waals surface area contributed by atoms with E-state index in [2.05, 4.69) is 0 Å². The van der Waals surface area contributed by atoms with E-state index in [0.717, 1.165) is 25.7 Å². The quantitative estimate of drug-likeness (QED) is 0.463. The van der Waals surface area contributed by atoms with Gasteiger partial charge >= 0.3 is 5.97 Å². The number of hydrogen-bond donors (Lipinski definition) is 0. The van der Waals surface area contributed by atoms with Gasteiger partial charge in [-0.1, -0.05) is 36.0 Å². The van der Waals surface area contributed by atoms with Gasteiger partial charge in [0.15, 0.2) is 5.75 Å². The molecule has 0 unspecified atom stereocenters. The van der Waals surface area contributed by atoms with E-state index in [-0.39, 0.29) is 47.4 Å². The Labute approximate surface area is 149 Å². The average Bonchev–Trinajstić information content (AvgIpc) is 2.81. The van der Waals surface area contributed by atoms with Gasteiger partial charge < -0.3 is 4.74 Å². The van der Waals surface area contributed by atoms with Gasteiger partial charge in [0.05, 0.1) is 23.3 Å². The van der Waals surface area contributed by atoms with Gasteiger partial charge in [-0.25, -0.2) is 0 Å². The summed E-state index contributed by atoms with van der Waals surface area (Å²) in [6.07, 6.45) is 3.40. The third kappa shape index (κ3) is 3.42. The van der Waals surface area contributed by atoms with Crippen LogP contribution in [0.5, 0.6) is 5.75 Å². The number of halogens is 2. The fraction of sp³-hybridized carbons (Fsp3) is 0.471. The molecule has 1 aromatic rings. The van der Waals surface area contributed by atoms with E-state index in [4.69, 9.17) is 27.9 Å². The second-order valence-electron chi connectivity index (χ2n) is 6.12. The Balaban J connectivity index is 1.59. The predicted molar refractivity (Wildman–Crippen MR) is 88.9 cm³/mol. The zero-order chi connectivity index (χ0) is 17.3. The number of carbonyl (C=O) groups is 3. The summed E-state index contributed by atoms with van der Waals surface area (Å²) in [5, 5.41) is 0.670. The Hall–Kier alpha value is -1.59. The lowest BCUT2D eigenvalue weighted by Gasteiger charge is -2.19. The standard InChI is InChI=1S/C17H17Cl2NO4/c18-10-5-6-13(19)14(9-10)24-15(21)7-8-20-16(22)11-3-1-2-4-12(11)17(20)23/h5-6,9,11-12H,1-4,7-8H2/t11-,12-/m1/s1. The van der Waals surface area contributed by atoms with Crippen LogP contribution < -0.4 is 4.74 Å². The zero-order valence-electron chi connectivity index (χ0n) is 13.0. The largest absolute Gasteiger partial charge is 0.425 e. The van der Waals surface area contributed by atoms with Crippen LogP contribution in [0.25, 0.3) is 0 Å². The molecule has 7 heteroatoms. The number of fused-ring (bicyclic) bond motifs is 1. The maximum absolute atomic E-state index is 12.3. The monoisotopic (exact) mass is 369 g/mol. The predicted octanol–water partition coefficient (Wildman–Crippen LogP) is 3.46. The van der Waals surface area contributed by atoms with Crippen molar-refractivity contribution in [2.75, 3.05) is 6.54 Å². The zero-order valence-corrected chi connectivity index (χ0v) is 14.5. The first-order valence-electron chi connectivity index (χ1n) is 7.98. The summed E-state index contributed by atoms with van der Waals surface area (Å²) >= 11 is 11.8. The van der Waals surface area contributed by atoms with Gasteiger partial charge in [-0.15, -0.1) is 0 Å². The van der Waals surface area contributed by atoms with Crippen molar-refractivity contribution < 1.29 is 19.1 Å². The van der Waals surface area contributed by atoms with Crippen LogP contribution in [0, 0.1) is 11.8 Å². The summed E-state index contributed by atoms with van der Waals surface area (Å²) < 4.78 is 5.17. The van der Waals surface area contributed by atoms with Crippen molar-refractivity contribution >= 4 is 41.0 Å². The highest BCUT2D eigenvalue weighted by atomic mass is 35.5. The Morgan fingerprint density at radius 2 is 1.75 bits per heavy atom. The highest BCUT2D eigenvalue weighted by Gasteiger charge is 2.47. The van der Waals surface area contributed by atoms with Crippen LogP contribution in [0.1, 0.15) is 32.1 Å². The molecule has 1 saturated heterocycles. The van der Waals surface area contributed by atoms with Crippen molar-refractivity contribution in [2.45, 2.75) is 32.1 Å². The molecule has 2 amide bonds. The summed E-state index contributed by atoms with van der Waals surface area (Å²) in [6, 6.07) is 4.57. The normalized spacial score (nSPS) is 23.3. The molecule has 3 rings (SSSR count). The van der Waals surface area contributed by atoms with E-state index in [0.29, 0.717) is 5.02 Å². The molecule has 1 heterocycles. The molecule has 128 valence electrons. The number of benzene rings is 1. The number of rotatable bonds is 4. The van der Waals surface area contributed by atoms with Crippen molar-refractivity contribution in [3.05, 3.63) is 28.2 Å². The minimum absolute atomic E-state index is 0.0433.